The van der Waals surface area contributed by atoms with Gasteiger partial charge in [-0.25, -0.2) is 13.2 Å². The molecule has 0 bridgehead atoms. The number of aliphatic hydroxyl groups is 1. The van der Waals surface area contributed by atoms with Gasteiger partial charge in [0.2, 0.25) is 0 Å². The number of alkyl halides is 1. The van der Waals surface area contributed by atoms with Crippen LogP contribution in [0.3, 0.4) is 0 Å². The van der Waals surface area contributed by atoms with E-state index in [2.05, 4.69) is 5.32 Å². The van der Waals surface area contributed by atoms with E-state index in [1.54, 1.807) is 26.0 Å². The summed E-state index contributed by atoms with van der Waals surface area (Å²) in [6, 6.07) is 4.39. The van der Waals surface area contributed by atoms with Gasteiger partial charge in [-0.2, -0.15) is 0 Å². The molecule has 0 spiro atoms. The summed E-state index contributed by atoms with van der Waals surface area (Å²) in [4.78, 5) is 0. The quantitative estimate of drug-likeness (QED) is 0.571. The molecule has 1 rings (SSSR count). The second-order valence-corrected chi connectivity index (χ2v) is 4.74. The molecule has 1 unspecified atom stereocenters. The molecule has 0 aromatic heterocycles. The molecule has 0 radical (unpaired) electrons. The van der Waals surface area contributed by atoms with Crippen LogP contribution in [0.15, 0.2) is 41.4 Å². The van der Waals surface area contributed by atoms with E-state index >= 15 is 0 Å². The highest BCUT2D eigenvalue weighted by Gasteiger charge is 2.18. The van der Waals surface area contributed by atoms with Gasteiger partial charge in [-0.15, -0.1) is 0 Å². The van der Waals surface area contributed by atoms with Crippen LogP contribution in [0.4, 0.5) is 18.9 Å². The summed E-state index contributed by atoms with van der Waals surface area (Å²) < 4.78 is 41.1. The molecule has 0 aliphatic rings. The molecule has 2 N–H and O–H groups in total. The Bertz CT molecular complexity index is 552. The van der Waals surface area contributed by atoms with Gasteiger partial charge in [-0.3, -0.25) is 0 Å². The first-order valence-corrected chi connectivity index (χ1v) is 8.77. The lowest BCUT2D eigenvalue weighted by Crippen LogP contribution is -2.12. The molecule has 1 aromatic rings. The Morgan fingerprint density at radius 3 is 2.20 bits per heavy atom. The van der Waals surface area contributed by atoms with Crippen molar-refractivity contribution in [2.75, 3.05) is 11.9 Å². The van der Waals surface area contributed by atoms with E-state index in [0.29, 0.717) is 6.42 Å². The summed E-state index contributed by atoms with van der Waals surface area (Å²) in [6.07, 6.45) is 0.245. The van der Waals surface area contributed by atoms with Crippen molar-refractivity contribution in [3.05, 3.63) is 52.8 Å². The van der Waals surface area contributed by atoms with Crippen LogP contribution in [-0.4, -0.2) is 17.9 Å². The van der Waals surface area contributed by atoms with Crippen LogP contribution in [0.2, 0.25) is 0 Å². The Morgan fingerprint density at radius 2 is 1.80 bits per heavy atom. The van der Waals surface area contributed by atoms with Crippen molar-refractivity contribution >= 4 is 5.69 Å². The molecule has 5 heteroatoms. The molecule has 0 aliphatic carbocycles. The summed E-state index contributed by atoms with van der Waals surface area (Å²) in [7, 11) is 0. The van der Waals surface area contributed by atoms with Crippen molar-refractivity contribution in [2.45, 2.75) is 61.1 Å². The number of anilines is 1. The number of halogens is 3. The van der Waals surface area contributed by atoms with Crippen molar-refractivity contribution in [3.8, 4) is 0 Å². The maximum atomic E-state index is 14.0. The molecule has 0 fully saturated rings. The minimum absolute atomic E-state index is 0.0295. The Morgan fingerprint density at radius 1 is 1.24 bits per heavy atom. The van der Waals surface area contributed by atoms with E-state index in [-0.39, 0.29) is 17.0 Å². The molecule has 1 aromatic carbocycles. The summed E-state index contributed by atoms with van der Waals surface area (Å²) in [6.45, 7) is 12.1. The third-order valence-corrected chi connectivity index (χ3v) is 2.91. The monoisotopic (exact) mass is 359 g/mol. The van der Waals surface area contributed by atoms with E-state index in [0.717, 1.165) is 12.5 Å². The first kappa shape index (κ1) is 25.5. The SMILES string of the molecule is CC.CC.CC/C=C(CO)\C(Nc1ccc(C)cc1F)=C(\F)C(C)F. The van der Waals surface area contributed by atoms with Crippen LogP contribution in [0, 0.1) is 12.7 Å². The van der Waals surface area contributed by atoms with Gasteiger partial charge >= 0.3 is 0 Å². The van der Waals surface area contributed by atoms with Gasteiger partial charge in [0.25, 0.3) is 0 Å². The fraction of sp³-hybridized carbons (Fsp3) is 0.500. The number of hydrogen-bond donors (Lipinski definition) is 2. The highest BCUT2D eigenvalue weighted by molar-refractivity contribution is 5.56. The van der Waals surface area contributed by atoms with Crippen molar-refractivity contribution < 1.29 is 18.3 Å². The first-order chi connectivity index (χ1) is 11.9. The van der Waals surface area contributed by atoms with Gasteiger partial charge < -0.3 is 10.4 Å². The van der Waals surface area contributed by atoms with Gasteiger partial charge in [0.1, 0.15) is 5.82 Å². The van der Waals surface area contributed by atoms with E-state index in [9.17, 15) is 18.3 Å². The van der Waals surface area contributed by atoms with E-state index in [1.165, 1.54) is 12.1 Å². The smallest absolute Gasteiger partial charge is 0.157 e. The predicted octanol–water partition coefficient (Wildman–Crippen LogP) is 6.47. The van der Waals surface area contributed by atoms with E-state index < -0.39 is 24.4 Å². The van der Waals surface area contributed by atoms with Crippen LogP contribution in [0.5, 0.6) is 0 Å². The molecular formula is C20H32F3NO. The number of nitrogens with one attached hydrogen (secondary N) is 1. The molecule has 0 saturated carbocycles. The summed E-state index contributed by atoms with van der Waals surface area (Å²) in [5.74, 6) is -1.63. The normalized spacial score (nSPS) is 12.8. The third kappa shape index (κ3) is 8.77. The van der Waals surface area contributed by atoms with Gasteiger partial charge in [-0.1, -0.05) is 46.8 Å². The zero-order valence-corrected chi connectivity index (χ0v) is 16.4. The average molecular weight is 359 g/mol. The summed E-state index contributed by atoms with van der Waals surface area (Å²) in [5, 5.41) is 11.9. The fourth-order valence-corrected chi connectivity index (χ4v) is 1.84. The van der Waals surface area contributed by atoms with Gasteiger partial charge in [0, 0.05) is 0 Å². The Kier molecular flexibility index (Phi) is 14.9. The Balaban J connectivity index is 0. The summed E-state index contributed by atoms with van der Waals surface area (Å²) >= 11 is 0. The molecule has 1 atom stereocenters. The van der Waals surface area contributed by atoms with Crippen LogP contribution in [0.1, 0.15) is 53.5 Å². The summed E-state index contributed by atoms with van der Waals surface area (Å²) in [5.41, 5.74) is 0.716. The molecule has 0 amide bonds. The highest BCUT2D eigenvalue weighted by atomic mass is 19.2. The first-order valence-electron chi connectivity index (χ1n) is 8.77. The largest absolute Gasteiger partial charge is 0.392 e. The van der Waals surface area contributed by atoms with Crippen molar-refractivity contribution in [1.29, 1.82) is 0 Å². The molecule has 0 saturated heterocycles. The average Bonchev–Trinajstić information content (AvgIpc) is 2.62. The molecule has 25 heavy (non-hydrogen) atoms. The highest BCUT2D eigenvalue weighted by Crippen LogP contribution is 2.25. The maximum Gasteiger partial charge on any atom is 0.157 e. The van der Waals surface area contributed by atoms with Gasteiger partial charge in [0.15, 0.2) is 12.0 Å². The van der Waals surface area contributed by atoms with Crippen LogP contribution in [-0.2, 0) is 0 Å². The molecule has 144 valence electrons. The second-order valence-electron chi connectivity index (χ2n) is 4.74. The second kappa shape index (κ2) is 14.6. The zero-order chi connectivity index (χ0) is 20.0. The van der Waals surface area contributed by atoms with Crippen LogP contribution < -0.4 is 5.32 Å². The topological polar surface area (TPSA) is 32.3 Å². The van der Waals surface area contributed by atoms with Crippen LogP contribution in [0.25, 0.3) is 0 Å². The molecule has 0 heterocycles. The zero-order valence-electron chi connectivity index (χ0n) is 16.4. The number of hydrogen-bond acceptors (Lipinski definition) is 2. The Labute approximate surface area is 150 Å². The predicted molar refractivity (Wildman–Crippen MR) is 102 cm³/mol. The van der Waals surface area contributed by atoms with Gasteiger partial charge in [0.05, 0.1) is 18.0 Å². The number of allylic oxidation sites excluding steroid dienone is 2. The van der Waals surface area contributed by atoms with Crippen molar-refractivity contribution in [1.82, 2.24) is 0 Å². The van der Waals surface area contributed by atoms with Crippen molar-refractivity contribution in [2.24, 2.45) is 0 Å². The van der Waals surface area contributed by atoms with Gasteiger partial charge in [-0.05, 0) is 43.5 Å². The molecule has 0 aliphatic heterocycles. The lowest BCUT2D eigenvalue weighted by molar-refractivity contribution is 0.325. The van der Waals surface area contributed by atoms with E-state index in [1.807, 2.05) is 27.7 Å². The lowest BCUT2D eigenvalue weighted by Gasteiger charge is -2.16. The minimum atomic E-state index is -1.85. The fourth-order valence-electron chi connectivity index (χ4n) is 1.84. The third-order valence-electron chi connectivity index (χ3n) is 2.91. The Hall–Kier alpha value is -1.75. The minimum Gasteiger partial charge on any atom is -0.392 e. The van der Waals surface area contributed by atoms with Crippen LogP contribution >= 0.6 is 0 Å². The van der Waals surface area contributed by atoms with E-state index in [4.69, 9.17) is 0 Å². The number of benzene rings is 1. The standard InChI is InChI=1S/C16H20F3NO.2C2H6/c1-4-5-12(9-21)16(15(19)11(3)17)20-14-7-6-10(2)8-13(14)18;2*1-2/h5-8,11,20-21H,4,9H2,1-3H3;2*1-2H3/b12-5-,16-15-;;. The van der Waals surface area contributed by atoms with Crippen molar-refractivity contribution in [3.63, 3.8) is 0 Å². The molecule has 2 nitrogen and oxygen atoms in total. The number of aliphatic hydroxyl groups excluding tert-OH is 1. The lowest BCUT2D eigenvalue weighted by atomic mass is 10.1. The maximum absolute atomic E-state index is 14.0. The molecular weight excluding hydrogens is 327 g/mol. The number of rotatable bonds is 6. The number of aryl methyl sites for hydroxylation is 1.